The molecule has 0 amide bonds. The number of aromatic nitrogens is 2. The minimum atomic E-state index is -0.688. The standard InChI is InChI=1S/C14H15N3O2/c18-14(19)12-8-16(9-12)7-11-1-3-13(4-2-11)17-6-5-15-10-17/h1-6,10,12H,7-9H2,(H,18,19). The van der Waals surface area contributed by atoms with Gasteiger partial charge in [-0.3, -0.25) is 9.69 Å². The number of carbonyl (C=O) groups is 1. The Bertz CT molecular complexity index is 557. The molecule has 0 radical (unpaired) electrons. The summed E-state index contributed by atoms with van der Waals surface area (Å²) in [7, 11) is 0. The molecule has 0 spiro atoms. The lowest BCUT2D eigenvalue weighted by Crippen LogP contribution is -2.49. The topological polar surface area (TPSA) is 58.4 Å². The van der Waals surface area contributed by atoms with Crippen LogP contribution in [0.3, 0.4) is 0 Å². The Hall–Kier alpha value is -2.14. The van der Waals surface area contributed by atoms with Gasteiger partial charge in [-0.1, -0.05) is 12.1 Å². The molecule has 0 unspecified atom stereocenters. The van der Waals surface area contributed by atoms with E-state index in [4.69, 9.17) is 5.11 Å². The molecule has 19 heavy (non-hydrogen) atoms. The maximum Gasteiger partial charge on any atom is 0.309 e. The second kappa shape index (κ2) is 4.85. The zero-order valence-corrected chi connectivity index (χ0v) is 10.4. The Labute approximate surface area is 111 Å². The normalized spacial score (nSPS) is 16.2. The van der Waals surface area contributed by atoms with Crippen molar-refractivity contribution in [2.45, 2.75) is 6.54 Å². The fourth-order valence-electron chi connectivity index (χ4n) is 2.30. The quantitative estimate of drug-likeness (QED) is 0.899. The molecule has 1 aliphatic heterocycles. The Kier molecular flexibility index (Phi) is 3.05. The van der Waals surface area contributed by atoms with Gasteiger partial charge in [-0.15, -0.1) is 0 Å². The van der Waals surface area contributed by atoms with E-state index in [1.54, 1.807) is 12.5 Å². The van der Waals surface area contributed by atoms with E-state index in [2.05, 4.69) is 22.0 Å². The maximum absolute atomic E-state index is 10.7. The fraction of sp³-hybridized carbons (Fsp3) is 0.286. The fourth-order valence-corrected chi connectivity index (χ4v) is 2.30. The van der Waals surface area contributed by atoms with Crippen LogP contribution in [0, 0.1) is 5.92 Å². The van der Waals surface area contributed by atoms with E-state index in [0.29, 0.717) is 13.1 Å². The van der Waals surface area contributed by atoms with E-state index in [1.807, 2.05) is 22.9 Å². The monoisotopic (exact) mass is 257 g/mol. The molecule has 5 heteroatoms. The highest BCUT2D eigenvalue weighted by Crippen LogP contribution is 2.19. The molecule has 0 bridgehead atoms. The third-order valence-corrected chi connectivity index (χ3v) is 3.45. The average molecular weight is 257 g/mol. The first-order valence-corrected chi connectivity index (χ1v) is 6.25. The van der Waals surface area contributed by atoms with Crippen LogP contribution in [0.15, 0.2) is 43.0 Å². The number of nitrogens with zero attached hydrogens (tertiary/aromatic N) is 3. The van der Waals surface area contributed by atoms with Crippen molar-refractivity contribution in [1.82, 2.24) is 14.5 Å². The van der Waals surface area contributed by atoms with Crippen molar-refractivity contribution in [3.63, 3.8) is 0 Å². The van der Waals surface area contributed by atoms with E-state index in [-0.39, 0.29) is 5.92 Å². The SMILES string of the molecule is O=C(O)C1CN(Cc2ccc(-n3ccnc3)cc2)C1. The molecular weight excluding hydrogens is 242 g/mol. The predicted octanol–water partition coefficient (Wildman–Crippen LogP) is 1.39. The summed E-state index contributed by atoms with van der Waals surface area (Å²) in [5.41, 5.74) is 2.28. The number of imidazole rings is 1. The molecule has 1 aliphatic rings. The van der Waals surface area contributed by atoms with Crippen molar-refractivity contribution in [2.24, 2.45) is 5.92 Å². The van der Waals surface area contributed by atoms with Crippen LogP contribution in [0.25, 0.3) is 5.69 Å². The molecule has 1 saturated heterocycles. The number of carboxylic acid groups (broad SMARTS) is 1. The molecule has 0 saturated carbocycles. The van der Waals surface area contributed by atoms with Crippen molar-refractivity contribution in [3.8, 4) is 5.69 Å². The molecule has 1 N–H and O–H groups in total. The van der Waals surface area contributed by atoms with Gasteiger partial charge < -0.3 is 9.67 Å². The lowest BCUT2D eigenvalue weighted by atomic mass is 9.99. The van der Waals surface area contributed by atoms with E-state index >= 15 is 0 Å². The van der Waals surface area contributed by atoms with Crippen LogP contribution in [-0.2, 0) is 11.3 Å². The van der Waals surface area contributed by atoms with Gasteiger partial charge in [-0.25, -0.2) is 4.98 Å². The van der Waals surface area contributed by atoms with Crippen molar-refractivity contribution in [2.75, 3.05) is 13.1 Å². The first-order valence-electron chi connectivity index (χ1n) is 6.25. The Morgan fingerprint density at radius 1 is 1.32 bits per heavy atom. The Morgan fingerprint density at radius 2 is 2.05 bits per heavy atom. The summed E-state index contributed by atoms with van der Waals surface area (Å²) >= 11 is 0. The summed E-state index contributed by atoms with van der Waals surface area (Å²) in [6.45, 7) is 2.12. The smallest absolute Gasteiger partial charge is 0.309 e. The summed E-state index contributed by atoms with van der Waals surface area (Å²) in [6.07, 6.45) is 5.42. The number of aliphatic carboxylic acids is 1. The highest BCUT2D eigenvalue weighted by atomic mass is 16.4. The number of likely N-dealkylation sites (tertiary alicyclic amines) is 1. The molecule has 1 aromatic heterocycles. The van der Waals surface area contributed by atoms with Crippen molar-refractivity contribution < 1.29 is 9.90 Å². The van der Waals surface area contributed by atoms with Gasteiger partial charge in [0, 0.05) is 37.7 Å². The van der Waals surface area contributed by atoms with Crippen LogP contribution in [0.1, 0.15) is 5.56 Å². The zero-order valence-electron chi connectivity index (χ0n) is 10.4. The number of carboxylic acids is 1. The van der Waals surface area contributed by atoms with Crippen LogP contribution in [0.2, 0.25) is 0 Å². The molecule has 0 atom stereocenters. The van der Waals surface area contributed by atoms with Gasteiger partial charge in [0.2, 0.25) is 0 Å². The summed E-state index contributed by atoms with van der Waals surface area (Å²) in [6, 6.07) is 8.24. The molecule has 2 aromatic rings. The zero-order chi connectivity index (χ0) is 13.2. The van der Waals surface area contributed by atoms with Crippen LogP contribution >= 0.6 is 0 Å². The van der Waals surface area contributed by atoms with Crippen molar-refractivity contribution >= 4 is 5.97 Å². The minimum absolute atomic E-state index is 0.190. The van der Waals surface area contributed by atoms with Gasteiger partial charge >= 0.3 is 5.97 Å². The van der Waals surface area contributed by atoms with E-state index in [0.717, 1.165) is 12.2 Å². The van der Waals surface area contributed by atoms with E-state index in [1.165, 1.54) is 5.56 Å². The third kappa shape index (κ3) is 2.51. The van der Waals surface area contributed by atoms with Crippen LogP contribution < -0.4 is 0 Å². The molecule has 0 aliphatic carbocycles. The summed E-state index contributed by atoms with van der Waals surface area (Å²) < 4.78 is 1.95. The lowest BCUT2D eigenvalue weighted by Gasteiger charge is -2.36. The van der Waals surface area contributed by atoms with E-state index in [9.17, 15) is 4.79 Å². The van der Waals surface area contributed by atoms with Gasteiger partial charge in [0.1, 0.15) is 0 Å². The molecule has 3 rings (SSSR count). The highest BCUT2D eigenvalue weighted by molar-refractivity contribution is 5.71. The van der Waals surface area contributed by atoms with Gasteiger partial charge in [-0.2, -0.15) is 0 Å². The Morgan fingerprint density at radius 3 is 2.63 bits per heavy atom. The number of benzene rings is 1. The first kappa shape index (κ1) is 11.9. The molecule has 2 heterocycles. The first-order chi connectivity index (χ1) is 9.22. The van der Waals surface area contributed by atoms with Crippen LogP contribution in [-0.4, -0.2) is 38.6 Å². The van der Waals surface area contributed by atoms with Crippen molar-refractivity contribution in [1.29, 1.82) is 0 Å². The third-order valence-electron chi connectivity index (χ3n) is 3.45. The molecule has 1 fully saturated rings. The molecular formula is C14H15N3O2. The molecule has 1 aromatic carbocycles. The summed E-state index contributed by atoms with van der Waals surface area (Å²) in [5.74, 6) is -0.878. The second-order valence-electron chi connectivity index (χ2n) is 4.87. The largest absolute Gasteiger partial charge is 0.481 e. The summed E-state index contributed by atoms with van der Waals surface area (Å²) in [5, 5.41) is 8.82. The van der Waals surface area contributed by atoms with Crippen LogP contribution in [0.5, 0.6) is 0 Å². The summed E-state index contributed by atoms with van der Waals surface area (Å²) in [4.78, 5) is 16.9. The van der Waals surface area contributed by atoms with Gasteiger partial charge in [0.25, 0.3) is 0 Å². The minimum Gasteiger partial charge on any atom is -0.481 e. The van der Waals surface area contributed by atoms with Gasteiger partial charge in [0.05, 0.1) is 12.2 Å². The Balaban J connectivity index is 1.60. The number of hydrogen-bond donors (Lipinski definition) is 1. The number of rotatable bonds is 4. The molecule has 5 nitrogen and oxygen atoms in total. The average Bonchev–Trinajstić information content (AvgIpc) is 2.87. The van der Waals surface area contributed by atoms with E-state index < -0.39 is 5.97 Å². The maximum atomic E-state index is 10.7. The van der Waals surface area contributed by atoms with Crippen LogP contribution in [0.4, 0.5) is 0 Å². The second-order valence-corrected chi connectivity index (χ2v) is 4.87. The number of hydrogen-bond acceptors (Lipinski definition) is 3. The van der Waals surface area contributed by atoms with Gasteiger partial charge in [-0.05, 0) is 17.7 Å². The van der Waals surface area contributed by atoms with Crippen molar-refractivity contribution in [3.05, 3.63) is 48.5 Å². The molecule has 98 valence electrons. The van der Waals surface area contributed by atoms with Gasteiger partial charge in [0.15, 0.2) is 0 Å². The highest BCUT2D eigenvalue weighted by Gasteiger charge is 2.31. The predicted molar refractivity (Wildman–Crippen MR) is 70.0 cm³/mol. The lowest BCUT2D eigenvalue weighted by molar-refractivity contribution is -0.147.